The van der Waals surface area contributed by atoms with Crippen LogP contribution in [0.25, 0.3) is 6.08 Å². The molecule has 0 aromatic heterocycles. The first kappa shape index (κ1) is 8.74. The maximum Gasteiger partial charge on any atom is 0.146 e. The highest BCUT2D eigenvalue weighted by Gasteiger charge is 1.99. The van der Waals surface area contributed by atoms with Gasteiger partial charge in [0, 0.05) is 12.1 Å². The van der Waals surface area contributed by atoms with Gasteiger partial charge in [-0.3, -0.25) is 0 Å². The monoisotopic (exact) mass is 166 g/mol. The van der Waals surface area contributed by atoms with Crippen molar-refractivity contribution < 1.29 is 4.39 Å². The quantitative estimate of drug-likeness (QED) is 0.652. The molecule has 0 fully saturated rings. The molecule has 4 N–H and O–H groups in total. The molecular weight excluding hydrogens is 155 g/mol. The molecule has 1 aromatic carbocycles. The van der Waals surface area contributed by atoms with Gasteiger partial charge in [-0.2, -0.15) is 0 Å². The summed E-state index contributed by atoms with van der Waals surface area (Å²) in [5.41, 5.74) is 11.5. The van der Waals surface area contributed by atoms with Gasteiger partial charge in [-0.1, -0.05) is 24.3 Å². The topological polar surface area (TPSA) is 52.0 Å². The fourth-order valence-electron chi connectivity index (χ4n) is 0.894. The van der Waals surface area contributed by atoms with Gasteiger partial charge in [0.1, 0.15) is 5.82 Å². The second-order valence-electron chi connectivity index (χ2n) is 2.38. The zero-order chi connectivity index (χ0) is 8.97. The molecule has 1 rings (SSSR count). The van der Waals surface area contributed by atoms with E-state index in [9.17, 15) is 4.39 Å². The normalized spacial score (nSPS) is 10.8. The Hall–Kier alpha value is -1.35. The summed E-state index contributed by atoms with van der Waals surface area (Å²) in [6.45, 7) is 0.427. The van der Waals surface area contributed by atoms with Crippen molar-refractivity contribution in [1.29, 1.82) is 0 Å². The number of nitrogen functional groups attached to an aromatic ring is 1. The summed E-state index contributed by atoms with van der Waals surface area (Å²) in [5.74, 6) is -0.394. The molecule has 0 aliphatic rings. The van der Waals surface area contributed by atoms with Crippen LogP contribution in [0.2, 0.25) is 0 Å². The van der Waals surface area contributed by atoms with E-state index in [4.69, 9.17) is 11.5 Å². The van der Waals surface area contributed by atoms with Crippen molar-refractivity contribution in [3.05, 3.63) is 35.7 Å². The van der Waals surface area contributed by atoms with Crippen LogP contribution in [0.4, 0.5) is 10.1 Å². The van der Waals surface area contributed by atoms with Gasteiger partial charge in [-0.15, -0.1) is 0 Å². The van der Waals surface area contributed by atoms with Crippen molar-refractivity contribution in [3.8, 4) is 0 Å². The lowest BCUT2D eigenvalue weighted by atomic mass is 10.1. The number of hydrogen-bond donors (Lipinski definition) is 2. The lowest BCUT2D eigenvalue weighted by molar-refractivity contribution is 0.632. The third kappa shape index (κ3) is 1.83. The van der Waals surface area contributed by atoms with E-state index in [0.717, 1.165) is 0 Å². The number of rotatable bonds is 2. The fraction of sp³-hybridized carbons (Fsp3) is 0.111. The predicted molar refractivity (Wildman–Crippen MR) is 48.9 cm³/mol. The molecular formula is C9H11FN2. The summed E-state index contributed by atoms with van der Waals surface area (Å²) in [7, 11) is 0. The van der Waals surface area contributed by atoms with E-state index < -0.39 is 5.82 Å². The van der Waals surface area contributed by atoms with Crippen LogP contribution < -0.4 is 11.5 Å². The first-order valence-electron chi connectivity index (χ1n) is 3.66. The SMILES string of the molecule is NCC=Cc1cccc(F)c1N. The number of benzene rings is 1. The Labute approximate surface area is 70.7 Å². The summed E-state index contributed by atoms with van der Waals surface area (Å²) in [5, 5.41) is 0. The van der Waals surface area contributed by atoms with E-state index in [0.29, 0.717) is 12.1 Å². The zero-order valence-electron chi connectivity index (χ0n) is 6.63. The lowest BCUT2D eigenvalue weighted by Gasteiger charge is -1.99. The molecule has 0 heterocycles. The Morgan fingerprint density at radius 2 is 2.17 bits per heavy atom. The minimum Gasteiger partial charge on any atom is -0.396 e. The van der Waals surface area contributed by atoms with E-state index in [2.05, 4.69) is 0 Å². The summed E-state index contributed by atoms with van der Waals surface area (Å²) in [6, 6.07) is 4.68. The highest BCUT2D eigenvalue weighted by atomic mass is 19.1. The van der Waals surface area contributed by atoms with Crippen LogP contribution in [-0.2, 0) is 0 Å². The summed E-state index contributed by atoms with van der Waals surface area (Å²) in [4.78, 5) is 0. The summed E-state index contributed by atoms with van der Waals surface area (Å²) >= 11 is 0. The van der Waals surface area contributed by atoms with E-state index >= 15 is 0 Å². The maximum absolute atomic E-state index is 12.8. The van der Waals surface area contributed by atoms with E-state index in [1.807, 2.05) is 0 Å². The van der Waals surface area contributed by atoms with Crippen LogP contribution in [-0.4, -0.2) is 6.54 Å². The maximum atomic E-state index is 12.8. The Morgan fingerprint density at radius 1 is 1.42 bits per heavy atom. The molecule has 0 aliphatic heterocycles. The van der Waals surface area contributed by atoms with Crippen LogP contribution in [0.1, 0.15) is 5.56 Å². The first-order valence-corrected chi connectivity index (χ1v) is 3.66. The highest BCUT2D eigenvalue weighted by molar-refractivity contribution is 5.64. The zero-order valence-corrected chi connectivity index (χ0v) is 6.63. The van der Waals surface area contributed by atoms with Gasteiger partial charge in [0.2, 0.25) is 0 Å². The smallest absolute Gasteiger partial charge is 0.146 e. The average molecular weight is 166 g/mol. The van der Waals surface area contributed by atoms with Gasteiger partial charge in [-0.05, 0) is 6.07 Å². The Balaban J connectivity index is 3.00. The van der Waals surface area contributed by atoms with Gasteiger partial charge < -0.3 is 11.5 Å². The fourth-order valence-corrected chi connectivity index (χ4v) is 0.894. The third-order valence-corrected chi connectivity index (χ3v) is 1.52. The van der Waals surface area contributed by atoms with E-state index in [-0.39, 0.29) is 5.69 Å². The number of nitrogens with two attached hydrogens (primary N) is 2. The van der Waals surface area contributed by atoms with E-state index in [1.54, 1.807) is 24.3 Å². The van der Waals surface area contributed by atoms with Gasteiger partial charge in [0.05, 0.1) is 5.69 Å². The van der Waals surface area contributed by atoms with Gasteiger partial charge in [-0.25, -0.2) is 4.39 Å². The van der Waals surface area contributed by atoms with Crippen molar-refractivity contribution in [2.75, 3.05) is 12.3 Å². The van der Waals surface area contributed by atoms with Crippen LogP contribution >= 0.6 is 0 Å². The molecule has 0 radical (unpaired) electrons. The Morgan fingerprint density at radius 3 is 2.83 bits per heavy atom. The predicted octanol–water partition coefficient (Wildman–Crippen LogP) is 1.38. The van der Waals surface area contributed by atoms with Crippen molar-refractivity contribution in [1.82, 2.24) is 0 Å². The third-order valence-electron chi connectivity index (χ3n) is 1.52. The molecule has 0 bridgehead atoms. The average Bonchev–Trinajstić information content (AvgIpc) is 2.08. The lowest BCUT2D eigenvalue weighted by Crippen LogP contribution is -1.95. The highest BCUT2D eigenvalue weighted by Crippen LogP contribution is 2.16. The van der Waals surface area contributed by atoms with Crippen molar-refractivity contribution in [2.24, 2.45) is 5.73 Å². The van der Waals surface area contributed by atoms with Gasteiger partial charge in [0.15, 0.2) is 0 Å². The number of halogens is 1. The van der Waals surface area contributed by atoms with Gasteiger partial charge >= 0.3 is 0 Å². The Bertz CT molecular complexity index is 295. The van der Waals surface area contributed by atoms with Crippen LogP contribution in [0.3, 0.4) is 0 Å². The van der Waals surface area contributed by atoms with E-state index in [1.165, 1.54) is 6.07 Å². The second kappa shape index (κ2) is 3.88. The van der Waals surface area contributed by atoms with Crippen molar-refractivity contribution >= 4 is 11.8 Å². The molecule has 1 aromatic rings. The van der Waals surface area contributed by atoms with Crippen LogP contribution in [0, 0.1) is 5.82 Å². The molecule has 0 aliphatic carbocycles. The molecule has 0 atom stereocenters. The molecule has 12 heavy (non-hydrogen) atoms. The summed E-state index contributed by atoms with van der Waals surface area (Å²) < 4.78 is 12.8. The largest absolute Gasteiger partial charge is 0.396 e. The first-order chi connectivity index (χ1) is 5.75. The van der Waals surface area contributed by atoms with Crippen molar-refractivity contribution in [2.45, 2.75) is 0 Å². The standard InChI is InChI=1S/C9H11FN2/c10-8-5-1-3-7(9(8)12)4-2-6-11/h1-5H,6,11-12H2. The minimum atomic E-state index is -0.394. The second-order valence-corrected chi connectivity index (χ2v) is 2.38. The molecule has 0 saturated carbocycles. The number of anilines is 1. The molecule has 2 nitrogen and oxygen atoms in total. The molecule has 64 valence electrons. The van der Waals surface area contributed by atoms with Gasteiger partial charge in [0.25, 0.3) is 0 Å². The van der Waals surface area contributed by atoms with Crippen molar-refractivity contribution in [3.63, 3.8) is 0 Å². The van der Waals surface area contributed by atoms with Crippen LogP contribution in [0.5, 0.6) is 0 Å². The molecule has 0 saturated heterocycles. The molecule has 3 heteroatoms. The number of hydrogen-bond acceptors (Lipinski definition) is 2. The molecule has 0 amide bonds. The van der Waals surface area contributed by atoms with Crippen LogP contribution in [0.15, 0.2) is 24.3 Å². The summed E-state index contributed by atoms with van der Waals surface area (Å²) in [6.07, 6.45) is 3.43. The molecule has 0 unspecified atom stereocenters. The Kier molecular flexibility index (Phi) is 2.82. The minimum absolute atomic E-state index is 0.169. The molecule has 0 spiro atoms. The number of para-hydroxylation sites is 1.